The van der Waals surface area contributed by atoms with Crippen LogP contribution in [-0.2, 0) is 10.1 Å². The quantitative estimate of drug-likeness (QED) is 0.647. The first kappa shape index (κ1) is 15.6. The second-order valence-corrected chi connectivity index (χ2v) is 5.69. The summed E-state index contributed by atoms with van der Waals surface area (Å²) in [6.45, 7) is 2.41. The molecule has 0 spiro atoms. The Kier molecular flexibility index (Phi) is 5.44. The lowest BCUT2D eigenvalue weighted by Crippen LogP contribution is -2.19. The number of aryl methyl sites for hydroxylation is 1. The summed E-state index contributed by atoms with van der Waals surface area (Å²) in [6.07, 6.45) is 0.274. The summed E-state index contributed by atoms with van der Waals surface area (Å²) in [6, 6.07) is 7.89. The largest absolute Gasteiger partial charge is 0.392 e. The fraction of sp³-hybridized carbons (Fsp3) is 0.417. The topological polar surface area (TPSA) is 110 Å². The lowest BCUT2D eigenvalue weighted by molar-refractivity contribution is 0.195. The smallest absolute Gasteiger partial charge is 0.294 e. The van der Waals surface area contributed by atoms with Crippen molar-refractivity contribution < 1.29 is 18.1 Å². The molecule has 3 N–H and O–H groups in total. The molecule has 7 heteroatoms. The monoisotopic (exact) mass is 284 g/mol. The summed E-state index contributed by atoms with van der Waals surface area (Å²) in [4.78, 5) is -0.0666. The van der Waals surface area contributed by atoms with Gasteiger partial charge in [-0.25, -0.2) is 0 Å². The highest BCUT2D eigenvalue weighted by Gasteiger charge is 2.20. The molecule has 0 aromatic heterocycles. The fourth-order valence-corrected chi connectivity index (χ4v) is 2.01. The highest BCUT2D eigenvalue weighted by Crippen LogP contribution is 2.08. The number of nitrogens with one attached hydrogen (secondary N) is 1. The molecule has 1 aliphatic heterocycles. The molecule has 6 nitrogen and oxygen atoms in total. The number of aliphatic hydroxyl groups is 1. The number of β-amino-alcohol motifs (C(OH)–C–C–N with tert-alkyl or cyclic N) is 1. The van der Waals surface area contributed by atoms with E-state index in [9.17, 15) is 8.42 Å². The molecule has 1 aromatic rings. The Morgan fingerprint density at radius 1 is 1.37 bits per heavy atom. The molecule has 1 saturated heterocycles. The van der Waals surface area contributed by atoms with Crippen LogP contribution in [0.25, 0.3) is 0 Å². The molecule has 2 rings (SSSR count). The van der Waals surface area contributed by atoms with Gasteiger partial charge in [0, 0.05) is 13.0 Å². The lowest BCUT2D eigenvalue weighted by atomic mass is 10.2. The van der Waals surface area contributed by atoms with Crippen LogP contribution in [0.1, 0.15) is 12.0 Å². The van der Waals surface area contributed by atoms with Crippen LogP contribution in [0.3, 0.4) is 0 Å². The predicted molar refractivity (Wildman–Crippen MR) is 69.0 cm³/mol. The Bertz CT molecular complexity index is 548. The first-order valence-corrected chi connectivity index (χ1v) is 7.12. The molecule has 2 atom stereocenters. The van der Waals surface area contributed by atoms with Gasteiger partial charge in [-0.3, -0.25) is 9.87 Å². The van der Waals surface area contributed by atoms with Gasteiger partial charge in [-0.2, -0.15) is 13.7 Å². The van der Waals surface area contributed by atoms with Gasteiger partial charge in [-0.15, -0.1) is 0 Å². The summed E-state index contributed by atoms with van der Waals surface area (Å²) in [5.74, 6) is 0. The molecule has 1 aliphatic rings. The van der Waals surface area contributed by atoms with Crippen LogP contribution in [0.4, 0.5) is 0 Å². The summed E-state index contributed by atoms with van der Waals surface area (Å²) in [5, 5.41) is 19.9. The molecule has 0 radical (unpaired) electrons. The van der Waals surface area contributed by atoms with E-state index in [1.807, 2.05) is 13.0 Å². The number of hydrogen-bond donors (Lipinski definition) is 3. The molecule has 104 valence electrons. The SMILES string of the molecule is Cc1ccc(S(=O)(=O)O)cc1.N#C[C@@H]1C[C@@H](O)CN1. The first-order chi connectivity index (χ1) is 8.82. The molecule has 0 amide bonds. The van der Waals surface area contributed by atoms with Crippen LogP contribution >= 0.6 is 0 Å². The molecule has 0 unspecified atom stereocenters. The summed E-state index contributed by atoms with van der Waals surface area (Å²) >= 11 is 0. The molecule has 0 bridgehead atoms. The van der Waals surface area contributed by atoms with Gasteiger partial charge >= 0.3 is 0 Å². The summed E-state index contributed by atoms with van der Waals surface area (Å²) in [5.41, 5.74) is 0.956. The maximum absolute atomic E-state index is 10.5. The Balaban J connectivity index is 0.000000200. The zero-order valence-corrected chi connectivity index (χ0v) is 11.3. The van der Waals surface area contributed by atoms with E-state index in [2.05, 4.69) is 5.32 Å². The standard InChI is InChI=1S/C7H8O3S.C5H8N2O/c1-6-2-4-7(5-3-6)11(8,9)10;6-2-4-1-5(8)3-7-4/h2-5H,1H3,(H,8,9,10);4-5,7-8H,1,3H2/t;4-,5+/m.0/s1. The van der Waals surface area contributed by atoms with E-state index in [0.29, 0.717) is 13.0 Å². The minimum Gasteiger partial charge on any atom is -0.392 e. The molecule has 0 saturated carbocycles. The first-order valence-electron chi connectivity index (χ1n) is 5.68. The van der Waals surface area contributed by atoms with Gasteiger partial charge in [-0.05, 0) is 19.1 Å². The molecule has 19 heavy (non-hydrogen) atoms. The van der Waals surface area contributed by atoms with Gasteiger partial charge in [0.25, 0.3) is 10.1 Å². The molecule has 1 heterocycles. The number of nitrogens with zero attached hydrogens (tertiary/aromatic N) is 1. The molecular formula is C12H16N2O4S. The van der Waals surface area contributed by atoms with E-state index in [4.69, 9.17) is 14.9 Å². The third-order valence-corrected chi connectivity index (χ3v) is 3.45. The minimum absolute atomic E-state index is 0.0666. The van der Waals surface area contributed by atoms with Gasteiger partial charge < -0.3 is 5.11 Å². The lowest BCUT2D eigenvalue weighted by Gasteiger charge is -1.95. The van der Waals surface area contributed by atoms with Crippen LogP contribution in [0.5, 0.6) is 0 Å². The average Bonchev–Trinajstić information content (AvgIpc) is 2.75. The van der Waals surface area contributed by atoms with Crippen LogP contribution in [0.2, 0.25) is 0 Å². The zero-order valence-electron chi connectivity index (χ0n) is 10.4. The number of benzene rings is 1. The average molecular weight is 284 g/mol. The third-order valence-electron chi connectivity index (χ3n) is 2.58. The Morgan fingerprint density at radius 2 is 1.95 bits per heavy atom. The molecule has 1 fully saturated rings. The van der Waals surface area contributed by atoms with Crippen molar-refractivity contribution in [1.29, 1.82) is 5.26 Å². The van der Waals surface area contributed by atoms with E-state index in [-0.39, 0.29) is 17.0 Å². The summed E-state index contributed by atoms with van der Waals surface area (Å²) < 4.78 is 29.6. The van der Waals surface area contributed by atoms with Crippen LogP contribution < -0.4 is 5.32 Å². The van der Waals surface area contributed by atoms with Crippen molar-refractivity contribution in [3.63, 3.8) is 0 Å². The number of nitriles is 1. The maximum Gasteiger partial charge on any atom is 0.294 e. The van der Waals surface area contributed by atoms with E-state index in [1.54, 1.807) is 12.1 Å². The Hall–Kier alpha value is -1.46. The Labute approximate surface area is 112 Å². The summed E-state index contributed by atoms with van der Waals surface area (Å²) in [7, 11) is -4.02. The number of hydrogen-bond acceptors (Lipinski definition) is 5. The van der Waals surface area contributed by atoms with Gasteiger partial charge in [0.1, 0.15) is 0 Å². The highest BCUT2D eigenvalue weighted by atomic mass is 32.2. The molecular weight excluding hydrogens is 268 g/mol. The maximum atomic E-state index is 10.5. The highest BCUT2D eigenvalue weighted by molar-refractivity contribution is 7.85. The predicted octanol–water partition coefficient (Wildman–Crippen LogP) is 0.474. The Morgan fingerprint density at radius 3 is 2.26 bits per heavy atom. The van der Waals surface area contributed by atoms with Gasteiger partial charge in [-0.1, -0.05) is 17.7 Å². The minimum atomic E-state index is -4.02. The molecule has 1 aromatic carbocycles. The van der Waals surface area contributed by atoms with Crippen LogP contribution in [0.15, 0.2) is 29.2 Å². The van der Waals surface area contributed by atoms with Crippen molar-refractivity contribution in [3.8, 4) is 6.07 Å². The van der Waals surface area contributed by atoms with Crippen molar-refractivity contribution in [2.24, 2.45) is 0 Å². The number of rotatable bonds is 1. The van der Waals surface area contributed by atoms with E-state index in [0.717, 1.165) is 5.56 Å². The van der Waals surface area contributed by atoms with Gasteiger partial charge in [0.15, 0.2) is 0 Å². The fourth-order valence-electron chi connectivity index (χ4n) is 1.53. The van der Waals surface area contributed by atoms with Gasteiger partial charge in [0.2, 0.25) is 0 Å². The van der Waals surface area contributed by atoms with Crippen molar-refractivity contribution in [3.05, 3.63) is 29.8 Å². The van der Waals surface area contributed by atoms with E-state index in [1.165, 1.54) is 12.1 Å². The van der Waals surface area contributed by atoms with Crippen LogP contribution in [-0.4, -0.2) is 36.8 Å². The van der Waals surface area contributed by atoms with Crippen LogP contribution in [0, 0.1) is 18.3 Å². The zero-order chi connectivity index (χ0) is 14.5. The second kappa shape index (κ2) is 6.63. The normalized spacial score (nSPS) is 22.2. The second-order valence-electron chi connectivity index (χ2n) is 4.27. The van der Waals surface area contributed by atoms with Crippen molar-refractivity contribution in [2.45, 2.75) is 30.4 Å². The number of aliphatic hydroxyl groups excluding tert-OH is 1. The van der Waals surface area contributed by atoms with Crippen molar-refractivity contribution in [2.75, 3.05) is 6.54 Å². The van der Waals surface area contributed by atoms with Crippen molar-refractivity contribution in [1.82, 2.24) is 5.32 Å². The molecule has 0 aliphatic carbocycles. The van der Waals surface area contributed by atoms with E-state index < -0.39 is 10.1 Å². The third kappa shape index (κ3) is 5.36. The van der Waals surface area contributed by atoms with Crippen molar-refractivity contribution >= 4 is 10.1 Å². The van der Waals surface area contributed by atoms with E-state index >= 15 is 0 Å². The van der Waals surface area contributed by atoms with Gasteiger partial charge in [0.05, 0.1) is 23.1 Å².